The molecule has 2 aromatic rings. The number of nitrogens with one attached hydrogen (secondary N) is 1. The van der Waals surface area contributed by atoms with Crippen molar-refractivity contribution in [2.45, 2.75) is 45.7 Å². The van der Waals surface area contributed by atoms with E-state index in [-0.39, 0.29) is 17.9 Å². The Labute approximate surface area is 124 Å². The Bertz CT molecular complexity index is 553. The van der Waals surface area contributed by atoms with Crippen LogP contribution in [0.15, 0.2) is 30.5 Å². The summed E-state index contributed by atoms with van der Waals surface area (Å²) in [5, 5.41) is 4.65. The summed E-state index contributed by atoms with van der Waals surface area (Å²) in [5.41, 5.74) is 1.02. The van der Waals surface area contributed by atoms with Gasteiger partial charge in [-0.3, -0.25) is 0 Å². The summed E-state index contributed by atoms with van der Waals surface area (Å²) in [6, 6.07) is 7.30. The molecule has 2 atom stereocenters. The molecule has 1 N–H and O–H groups in total. The second-order valence-corrected chi connectivity index (χ2v) is 6.29. The van der Waals surface area contributed by atoms with Crippen molar-refractivity contribution in [2.24, 2.45) is 0 Å². The van der Waals surface area contributed by atoms with Gasteiger partial charge in [0.25, 0.3) is 0 Å². The van der Waals surface area contributed by atoms with Gasteiger partial charge in [0.1, 0.15) is 10.8 Å². The largest absolute Gasteiger partial charge is 0.305 e. The van der Waals surface area contributed by atoms with Crippen LogP contribution in [-0.2, 0) is 12.8 Å². The van der Waals surface area contributed by atoms with Crippen molar-refractivity contribution in [1.29, 1.82) is 0 Å². The number of aromatic nitrogens is 1. The number of benzene rings is 1. The average molecular weight is 292 g/mol. The van der Waals surface area contributed by atoms with Gasteiger partial charge in [-0.1, -0.05) is 19.1 Å². The molecular formula is C16H21FN2S. The lowest BCUT2D eigenvalue weighted by Crippen LogP contribution is -2.30. The molecule has 1 heterocycles. The van der Waals surface area contributed by atoms with Gasteiger partial charge in [0.05, 0.1) is 6.04 Å². The predicted octanol–water partition coefficient (Wildman–Crippen LogP) is 4.13. The van der Waals surface area contributed by atoms with E-state index >= 15 is 0 Å². The number of thiazole rings is 1. The van der Waals surface area contributed by atoms with E-state index in [0.29, 0.717) is 0 Å². The van der Waals surface area contributed by atoms with E-state index in [4.69, 9.17) is 0 Å². The van der Waals surface area contributed by atoms with Gasteiger partial charge in [0.15, 0.2) is 0 Å². The quantitative estimate of drug-likeness (QED) is 0.866. The number of nitrogens with zero attached hydrogens (tertiary/aromatic N) is 1. The van der Waals surface area contributed by atoms with Crippen molar-refractivity contribution in [3.63, 3.8) is 0 Å². The Hall–Kier alpha value is -1.26. The summed E-state index contributed by atoms with van der Waals surface area (Å²) >= 11 is 1.76. The molecule has 2 rings (SSSR count). The normalized spacial score (nSPS) is 14.2. The first-order valence-corrected chi connectivity index (χ1v) is 7.85. The lowest BCUT2D eigenvalue weighted by molar-refractivity contribution is 0.475. The van der Waals surface area contributed by atoms with Crippen molar-refractivity contribution in [1.82, 2.24) is 10.3 Å². The van der Waals surface area contributed by atoms with Crippen LogP contribution >= 0.6 is 11.3 Å². The molecule has 20 heavy (non-hydrogen) atoms. The SMILES string of the molecule is CCc1cnc(C(C)NC(C)Cc2cccc(F)c2)s1. The molecule has 2 unspecified atom stereocenters. The third-order valence-corrected chi connectivity index (χ3v) is 4.58. The van der Waals surface area contributed by atoms with E-state index in [1.807, 2.05) is 12.3 Å². The average Bonchev–Trinajstić information content (AvgIpc) is 2.87. The van der Waals surface area contributed by atoms with Crippen LogP contribution in [-0.4, -0.2) is 11.0 Å². The van der Waals surface area contributed by atoms with Crippen LogP contribution < -0.4 is 5.32 Å². The van der Waals surface area contributed by atoms with Crippen LogP contribution in [0.3, 0.4) is 0 Å². The fourth-order valence-electron chi connectivity index (χ4n) is 2.26. The summed E-state index contributed by atoms with van der Waals surface area (Å²) in [6.45, 7) is 6.39. The molecule has 0 aliphatic carbocycles. The van der Waals surface area contributed by atoms with Crippen molar-refractivity contribution in [2.75, 3.05) is 0 Å². The van der Waals surface area contributed by atoms with Gasteiger partial charge in [-0.05, 0) is 44.4 Å². The van der Waals surface area contributed by atoms with Crippen LogP contribution in [0.5, 0.6) is 0 Å². The molecule has 0 radical (unpaired) electrons. The highest BCUT2D eigenvalue weighted by Gasteiger charge is 2.13. The number of rotatable bonds is 6. The highest BCUT2D eigenvalue weighted by molar-refractivity contribution is 7.11. The minimum atomic E-state index is -0.171. The lowest BCUT2D eigenvalue weighted by Gasteiger charge is -2.18. The minimum Gasteiger partial charge on any atom is -0.305 e. The molecule has 4 heteroatoms. The molecule has 1 aromatic carbocycles. The molecule has 0 aliphatic heterocycles. The third kappa shape index (κ3) is 4.12. The summed E-state index contributed by atoms with van der Waals surface area (Å²) in [7, 11) is 0. The Morgan fingerprint density at radius 1 is 1.35 bits per heavy atom. The Morgan fingerprint density at radius 2 is 2.15 bits per heavy atom. The van der Waals surface area contributed by atoms with E-state index in [1.54, 1.807) is 23.5 Å². The molecule has 0 fully saturated rings. The fourth-order valence-corrected chi connectivity index (χ4v) is 3.13. The van der Waals surface area contributed by atoms with Crippen LogP contribution in [0.1, 0.15) is 42.3 Å². The molecule has 108 valence electrons. The molecular weight excluding hydrogens is 271 g/mol. The van der Waals surface area contributed by atoms with E-state index < -0.39 is 0 Å². The smallest absolute Gasteiger partial charge is 0.123 e. The molecule has 0 saturated heterocycles. The number of hydrogen-bond donors (Lipinski definition) is 1. The third-order valence-electron chi connectivity index (χ3n) is 3.26. The first kappa shape index (κ1) is 15.1. The second-order valence-electron chi connectivity index (χ2n) is 5.14. The fraction of sp³-hybridized carbons (Fsp3) is 0.438. The van der Waals surface area contributed by atoms with E-state index in [9.17, 15) is 4.39 Å². The molecule has 0 saturated carbocycles. The number of hydrogen-bond acceptors (Lipinski definition) is 3. The maximum Gasteiger partial charge on any atom is 0.123 e. The summed E-state index contributed by atoms with van der Waals surface area (Å²) < 4.78 is 13.2. The molecule has 1 aromatic heterocycles. The zero-order chi connectivity index (χ0) is 14.5. The van der Waals surface area contributed by atoms with E-state index in [1.165, 1.54) is 10.9 Å². The van der Waals surface area contributed by atoms with Crippen molar-refractivity contribution >= 4 is 11.3 Å². The summed E-state index contributed by atoms with van der Waals surface area (Å²) in [4.78, 5) is 5.77. The van der Waals surface area contributed by atoms with Crippen molar-refractivity contribution < 1.29 is 4.39 Å². The Kier molecular flexibility index (Phi) is 5.26. The maximum atomic E-state index is 13.2. The van der Waals surface area contributed by atoms with Gasteiger partial charge >= 0.3 is 0 Å². The van der Waals surface area contributed by atoms with Gasteiger partial charge in [0.2, 0.25) is 0 Å². The highest BCUT2D eigenvalue weighted by atomic mass is 32.1. The van der Waals surface area contributed by atoms with Crippen LogP contribution in [0.25, 0.3) is 0 Å². The van der Waals surface area contributed by atoms with Gasteiger partial charge in [0, 0.05) is 17.1 Å². The predicted molar refractivity (Wildman–Crippen MR) is 82.6 cm³/mol. The highest BCUT2D eigenvalue weighted by Crippen LogP contribution is 2.21. The summed E-state index contributed by atoms with van der Waals surface area (Å²) in [6.07, 6.45) is 3.80. The minimum absolute atomic E-state index is 0.171. The zero-order valence-corrected chi connectivity index (χ0v) is 13.0. The Morgan fingerprint density at radius 3 is 2.80 bits per heavy atom. The Balaban J connectivity index is 1.92. The topological polar surface area (TPSA) is 24.9 Å². The monoisotopic (exact) mass is 292 g/mol. The standard InChI is InChI=1S/C16H21FN2S/c1-4-15-10-18-16(20-15)12(3)19-11(2)8-13-6-5-7-14(17)9-13/h5-7,9-12,19H,4,8H2,1-3H3. The zero-order valence-electron chi connectivity index (χ0n) is 12.2. The van der Waals surface area contributed by atoms with Crippen LogP contribution in [0, 0.1) is 5.82 Å². The van der Waals surface area contributed by atoms with Gasteiger partial charge < -0.3 is 5.32 Å². The second kappa shape index (κ2) is 6.95. The van der Waals surface area contributed by atoms with Crippen LogP contribution in [0.4, 0.5) is 4.39 Å². The van der Waals surface area contributed by atoms with Gasteiger partial charge in [-0.15, -0.1) is 11.3 Å². The number of halogens is 1. The molecule has 0 bridgehead atoms. The molecule has 0 spiro atoms. The van der Waals surface area contributed by atoms with Crippen molar-refractivity contribution in [3.05, 3.63) is 51.7 Å². The van der Waals surface area contributed by atoms with E-state index in [2.05, 4.69) is 31.1 Å². The van der Waals surface area contributed by atoms with Crippen LogP contribution in [0.2, 0.25) is 0 Å². The summed E-state index contributed by atoms with van der Waals surface area (Å²) in [5.74, 6) is -0.171. The first-order chi connectivity index (χ1) is 9.58. The van der Waals surface area contributed by atoms with Gasteiger partial charge in [-0.25, -0.2) is 9.37 Å². The molecule has 2 nitrogen and oxygen atoms in total. The lowest BCUT2D eigenvalue weighted by atomic mass is 10.1. The maximum absolute atomic E-state index is 13.2. The molecule has 0 amide bonds. The van der Waals surface area contributed by atoms with E-state index in [0.717, 1.165) is 23.4 Å². The van der Waals surface area contributed by atoms with Crippen molar-refractivity contribution in [3.8, 4) is 0 Å². The molecule has 0 aliphatic rings. The number of aryl methyl sites for hydroxylation is 1. The van der Waals surface area contributed by atoms with Gasteiger partial charge in [-0.2, -0.15) is 0 Å². The first-order valence-electron chi connectivity index (χ1n) is 7.03.